The SMILES string of the molecule is CS(=O)(=O)c1cnc(Nc2cc[nH]n2)cn1. The number of aromatic nitrogens is 4. The molecular weight excluding hydrogens is 230 g/mol. The maximum absolute atomic E-state index is 11.1. The highest BCUT2D eigenvalue weighted by atomic mass is 32.2. The molecule has 0 fully saturated rings. The smallest absolute Gasteiger partial charge is 0.194 e. The molecule has 2 N–H and O–H groups in total. The summed E-state index contributed by atoms with van der Waals surface area (Å²) in [6, 6.07) is 1.71. The van der Waals surface area contributed by atoms with E-state index >= 15 is 0 Å². The number of nitrogens with zero attached hydrogens (tertiary/aromatic N) is 3. The summed E-state index contributed by atoms with van der Waals surface area (Å²) in [5, 5.41) is 9.29. The van der Waals surface area contributed by atoms with Gasteiger partial charge in [-0.05, 0) is 0 Å². The minimum Gasteiger partial charge on any atom is -0.322 e. The average Bonchev–Trinajstić information content (AvgIpc) is 2.70. The molecule has 84 valence electrons. The third-order valence-corrected chi connectivity index (χ3v) is 2.74. The first-order valence-electron chi connectivity index (χ1n) is 4.34. The van der Waals surface area contributed by atoms with Crippen LogP contribution in [0.3, 0.4) is 0 Å². The molecule has 0 aromatic carbocycles. The second-order valence-corrected chi connectivity index (χ2v) is 5.06. The summed E-state index contributed by atoms with van der Waals surface area (Å²) in [5.41, 5.74) is 0. The topological polar surface area (TPSA) is 101 Å². The van der Waals surface area contributed by atoms with Gasteiger partial charge in [0.15, 0.2) is 20.7 Å². The molecule has 0 saturated carbocycles. The molecule has 0 bridgehead atoms. The highest BCUT2D eigenvalue weighted by Gasteiger charge is 2.09. The quantitative estimate of drug-likeness (QED) is 0.801. The number of H-pyrrole nitrogens is 1. The fourth-order valence-corrected chi connectivity index (χ4v) is 1.52. The minimum atomic E-state index is -3.30. The monoisotopic (exact) mass is 239 g/mol. The van der Waals surface area contributed by atoms with Crippen LogP contribution >= 0.6 is 0 Å². The summed E-state index contributed by atoms with van der Waals surface area (Å²) in [6.45, 7) is 0. The van der Waals surface area contributed by atoms with Gasteiger partial charge in [-0.1, -0.05) is 0 Å². The number of hydrogen-bond donors (Lipinski definition) is 2. The van der Waals surface area contributed by atoms with Crippen molar-refractivity contribution in [2.45, 2.75) is 5.03 Å². The molecule has 0 atom stereocenters. The van der Waals surface area contributed by atoms with Gasteiger partial charge in [0.1, 0.15) is 5.82 Å². The normalized spacial score (nSPS) is 11.3. The summed E-state index contributed by atoms with van der Waals surface area (Å²) in [5.74, 6) is 1.01. The average molecular weight is 239 g/mol. The molecule has 16 heavy (non-hydrogen) atoms. The zero-order valence-electron chi connectivity index (χ0n) is 8.38. The van der Waals surface area contributed by atoms with Gasteiger partial charge in [-0.25, -0.2) is 18.4 Å². The van der Waals surface area contributed by atoms with Crippen LogP contribution in [0.5, 0.6) is 0 Å². The Morgan fingerprint density at radius 3 is 2.56 bits per heavy atom. The van der Waals surface area contributed by atoms with E-state index in [9.17, 15) is 8.42 Å². The molecule has 2 heterocycles. The molecule has 2 aromatic rings. The van der Waals surface area contributed by atoms with Crippen molar-refractivity contribution < 1.29 is 8.42 Å². The van der Waals surface area contributed by atoms with Crippen LogP contribution in [-0.4, -0.2) is 34.8 Å². The largest absolute Gasteiger partial charge is 0.322 e. The van der Waals surface area contributed by atoms with E-state index in [0.717, 1.165) is 6.26 Å². The van der Waals surface area contributed by atoms with Gasteiger partial charge in [0, 0.05) is 18.5 Å². The highest BCUT2D eigenvalue weighted by molar-refractivity contribution is 7.90. The zero-order chi connectivity index (χ0) is 11.6. The van der Waals surface area contributed by atoms with E-state index in [-0.39, 0.29) is 5.03 Å². The van der Waals surface area contributed by atoms with Crippen LogP contribution in [0.4, 0.5) is 11.6 Å². The van der Waals surface area contributed by atoms with Crippen LogP contribution in [-0.2, 0) is 9.84 Å². The lowest BCUT2D eigenvalue weighted by Gasteiger charge is -2.01. The van der Waals surface area contributed by atoms with Gasteiger partial charge in [-0.2, -0.15) is 5.10 Å². The summed E-state index contributed by atoms with van der Waals surface area (Å²) >= 11 is 0. The van der Waals surface area contributed by atoms with Crippen LogP contribution in [0.1, 0.15) is 0 Å². The third-order valence-electron chi connectivity index (χ3n) is 1.76. The van der Waals surface area contributed by atoms with Gasteiger partial charge in [0.05, 0.1) is 12.4 Å². The van der Waals surface area contributed by atoms with E-state index in [4.69, 9.17) is 0 Å². The van der Waals surface area contributed by atoms with Gasteiger partial charge in [-0.15, -0.1) is 0 Å². The van der Waals surface area contributed by atoms with E-state index in [2.05, 4.69) is 25.5 Å². The van der Waals surface area contributed by atoms with Crippen LogP contribution in [0.2, 0.25) is 0 Å². The Morgan fingerprint density at radius 2 is 2.06 bits per heavy atom. The Bertz CT molecular complexity index is 561. The Labute approximate surface area is 91.9 Å². The molecule has 0 amide bonds. The number of sulfone groups is 1. The molecule has 0 aliphatic rings. The molecule has 2 rings (SSSR count). The van der Waals surface area contributed by atoms with Crippen molar-refractivity contribution in [1.29, 1.82) is 0 Å². The van der Waals surface area contributed by atoms with E-state index < -0.39 is 9.84 Å². The van der Waals surface area contributed by atoms with Crippen molar-refractivity contribution in [2.24, 2.45) is 0 Å². The molecule has 7 nitrogen and oxygen atoms in total. The van der Waals surface area contributed by atoms with E-state index in [1.807, 2.05) is 0 Å². The Balaban J connectivity index is 2.20. The van der Waals surface area contributed by atoms with Crippen molar-refractivity contribution in [3.8, 4) is 0 Å². The van der Waals surface area contributed by atoms with Gasteiger partial charge >= 0.3 is 0 Å². The van der Waals surface area contributed by atoms with Crippen LogP contribution in [0, 0.1) is 0 Å². The van der Waals surface area contributed by atoms with Gasteiger partial charge in [0.25, 0.3) is 0 Å². The fraction of sp³-hybridized carbons (Fsp3) is 0.125. The van der Waals surface area contributed by atoms with Crippen molar-refractivity contribution in [2.75, 3.05) is 11.6 Å². The number of aromatic amines is 1. The molecule has 0 aliphatic carbocycles. The zero-order valence-corrected chi connectivity index (χ0v) is 9.19. The van der Waals surface area contributed by atoms with Crippen LogP contribution < -0.4 is 5.32 Å². The maximum atomic E-state index is 11.1. The Morgan fingerprint density at radius 1 is 1.25 bits per heavy atom. The van der Waals surface area contributed by atoms with Gasteiger partial charge in [-0.3, -0.25) is 5.10 Å². The van der Waals surface area contributed by atoms with Crippen molar-refractivity contribution in [3.05, 3.63) is 24.7 Å². The van der Waals surface area contributed by atoms with E-state index in [1.54, 1.807) is 12.3 Å². The molecule has 8 heteroatoms. The van der Waals surface area contributed by atoms with Gasteiger partial charge < -0.3 is 5.32 Å². The minimum absolute atomic E-state index is 0.0555. The molecular formula is C8H9N5O2S. The molecule has 0 unspecified atom stereocenters. The molecule has 2 aromatic heterocycles. The molecule has 0 spiro atoms. The van der Waals surface area contributed by atoms with E-state index in [0.29, 0.717) is 11.6 Å². The van der Waals surface area contributed by atoms with Crippen LogP contribution in [0.15, 0.2) is 29.7 Å². The standard InChI is InChI=1S/C8H9N5O2S/c1-16(14,15)8-5-9-7(4-10-8)12-6-2-3-11-13-6/h2-5H,1H3,(H2,9,11,12,13). The maximum Gasteiger partial charge on any atom is 0.194 e. The lowest BCUT2D eigenvalue weighted by molar-refractivity contribution is 0.597. The second-order valence-electron chi connectivity index (χ2n) is 3.10. The molecule has 0 saturated heterocycles. The predicted molar refractivity (Wildman–Crippen MR) is 57.0 cm³/mol. The number of nitrogens with one attached hydrogen (secondary N) is 2. The first-order valence-corrected chi connectivity index (χ1v) is 6.24. The molecule has 0 radical (unpaired) electrons. The number of rotatable bonds is 3. The van der Waals surface area contributed by atoms with Gasteiger partial charge in [0.2, 0.25) is 0 Å². The Kier molecular flexibility index (Phi) is 2.57. The second kappa shape index (κ2) is 3.89. The lowest BCUT2D eigenvalue weighted by atomic mass is 10.6. The van der Waals surface area contributed by atoms with Crippen molar-refractivity contribution >= 4 is 21.5 Å². The predicted octanol–water partition coefficient (Wildman–Crippen LogP) is 0.347. The Hall–Kier alpha value is -1.96. The summed E-state index contributed by atoms with van der Waals surface area (Å²) in [7, 11) is -3.30. The molecule has 0 aliphatic heterocycles. The number of hydrogen-bond acceptors (Lipinski definition) is 6. The van der Waals surface area contributed by atoms with Crippen molar-refractivity contribution in [1.82, 2.24) is 20.2 Å². The fourth-order valence-electron chi connectivity index (χ4n) is 1.03. The van der Waals surface area contributed by atoms with Crippen molar-refractivity contribution in [3.63, 3.8) is 0 Å². The first kappa shape index (κ1) is 10.6. The van der Waals surface area contributed by atoms with Crippen LogP contribution in [0.25, 0.3) is 0 Å². The summed E-state index contributed by atoms with van der Waals surface area (Å²) in [4.78, 5) is 7.69. The first-order chi connectivity index (χ1) is 7.55. The summed E-state index contributed by atoms with van der Waals surface area (Å²) in [6.07, 6.45) is 5.27. The third kappa shape index (κ3) is 2.34. The number of anilines is 2. The lowest BCUT2D eigenvalue weighted by Crippen LogP contribution is -2.02. The highest BCUT2D eigenvalue weighted by Crippen LogP contribution is 2.10. The summed E-state index contributed by atoms with van der Waals surface area (Å²) < 4.78 is 22.2. The van der Waals surface area contributed by atoms with E-state index in [1.165, 1.54) is 12.4 Å².